The molecule has 2 rings (SSSR count). The van der Waals surface area contributed by atoms with E-state index in [-0.39, 0.29) is 35.1 Å². The van der Waals surface area contributed by atoms with Gasteiger partial charge in [0.25, 0.3) is 5.91 Å². The van der Waals surface area contributed by atoms with Gasteiger partial charge in [-0.05, 0) is 37.8 Å². The van der Waals surface area contributed by atoms with Gasteiger partial charge in [0, 0.05) is 24.7 Å². The maximum atomic E-state index is 12.8. The van der Waals surface area contributed by atoms with Crippen molar-refractivity contribution in [3.05, 3.63) is 17.7 Å². The molecule has 1 saturated heterocycles. The fraction of sp³-hybridized carbons (Fsp3) is 0.588. The highest BCUT2D eigenvalue weighted by molar-refractivity contribution is 5.95. The van der Waals surface area contributed by atoms with Crippen LogP contribution in [0.2, 0.25) is 0 Å². The number of hydrogen-bond donors (Lipinski definition) is 1. The van der Waals surface area contributed by atoms with E-state index in [2.05, 4.69) is 4.74 Å². The number of alkyl halides is 2. The molecule has 0 radical (unpaired) electrons. The molecule has 0 saturated carbocycles. The lowest BCUT2D eigenvalue weighted by molar-refractivity contribution is -0.0526. The summed E-state index contributed by atoms with van der Waals surface area (Å²) >= 11 is 0. The summed E-state index contributed by atoms with van der Waals surface area (Å²) in [4.78, 5) is 14.5. The van der Waals surface area contributed by atoms with Crippen LogP contribution in [0.4, 0.5) is 8.78 Å². The van der Waals surface area contributed by atoms with Crippen LogP contribution < -0.4 is 19.9 Å². The summed E-state index contributed by atoms with van der Waals surface area (Å²) < 4.78 is 39.9. The summed E-state index contributed by atoms with van der Waals surface area (Å²) in [6.07, 6.45) is 1.86. The first-order valence-corrected chi connectivity index (χ1v) is 8.13. The van der Waals surface area contributed by atoms with E-state index in [1.54, 1.807) is 4.90 Å². The van der Waals surface area contributed by atoms with E-state index in [0.29, 0.717) is 18.7 Å². The van der Waals surface area contributed by atoms with Gasteiger partial charge in [0.15, 0.2) is 11.5 Å². The molecule has 0 spiro atoms. The maximum Gasteiger partial charge on any atom is 0.387 e. The van der Waals surface area contributed by atoms with Gasteiger partial charge in [-0.3, -0.25) is 4.79 Å². The number of nitrogens with two attached hydrogens (primary N) is 1. The Balaban J connectivity index is 2.30. The molecule has 1 aromatic rings. The van der Waals surface area contributed by atoms with E-state index in [0.717, 1.165) is 12.8 Å². The molecule has 25 heavy (non-hydrogen) atoms. The molecule has 1 aliphatic heterocycles. The third kappa shape index (κ3) is 4.50. The van der Waals surface area contributed by atoms with Gasteiger partial charge in [0.1, 0.15) is 0 Å². The fourth-order valence-electron chi connectivity index (χ4n) is 3.01. The highest BCUT2D eigenvalue weighted by Crippen LogP contribution is 2.40. The SMILES string of the molecule is COc1cc(C(=O)N2CCCC(C(C)N)C2)cc(OC)c1OC(F)F. The zero-order valence-electron chi connectivity index (χ0n) is 14.6. The number of rotatable bonds is 6. The lowest BCUT2D eigenvalue weighted by Gasteiger charge is -2.34. The summed E-state index contributed by atoms with van der Waals surface area (Å²) in [5, 5.41) is 0. The van der Waals surface area contributed by atoms with Gasteiger partial charge in [-0.1, -0.05) is 0 Å². The van der Waals surface area contributed by atoms with Crippen molar-refractivity contribution in [1.82, 2.24) is 4.90 Å². The Morgan fingerprint density at radius 3 is 2.36 bits per heavy atom. The van der Waals surface area contributed by atoms with E-state index in [1.807, 2.05) is 6.92 Å². The number of benzene rings is 1. The van der Waals surface area contributed by atoms with Crippen LogP contribution >= 0.6 is 0 Å². The molecule has 1 fully saturated rings. The highest BCUT2D eigenvalue weighted by Gasteiger charge is 2.28. The van der Waals surface area contributed by atoms with Crippen LogP contribution in [-0.4, -0.2) is 50.8 Å². The van der Waals surface area contributed by atoms with Crippen molar-refractivity contribution in [2.24, 2.45) is 11.7 Å². The van der Waals surface area contributed by atoms with Gasteiger partial charge in [-0.25, -0.2) is 0 Å². The van der Waals surface area contributed by atoms with Crippen molar-refractivity contribution < 1.29 is 27.8 Å². The lowest BCUT2D eigenvalue weighted by atomic mass is 9.92. The van der Waals surface area contributed by atoms with Gasteiger partial charge in [-0.2, -0.15) is 8.78 Å². The fourth-order valence-corrected chi connectivity index (χ4v) is 3.01. The minimum Gasteiger partial charge on any atom is -0.493 e. The van der Waals surface area contributed by atoms with Gasteiger partial charge in [0.05, 0.1) is 14.2 Å². The predicted octanol–water partition coefficient (Wildman–Crippen LogP) is 2.50. The van der Waals surface area contributed by atoms with Crippen LogP contribution in [0.25, 0.3) is 0 Å². The first kappa shape index (κ1) is 19.2. The zero-order chi connectivity index (χ0) is 18.6. The second-order valence-electron chi connectivity index (χ2n) is 6.10. The number of amides is 1. The normalized spacial score (nSPS) is 18.8. The smallest absolute Gasteiger partial charge is 0.387 e. The maximum absolute atomic E-state index is 12.8. The van der Waals surface area contributed by atoms with Crippen LogP contribution in [-0.2, 0) is 0 Å². The third-order valence-corrected chi connectivity index (χ3v) is 4.40. The average molecular weight is 358 g/mol. The summed E-state index contributed by atoms with van der Waals surface area (Å²) in [6.45, 7) is 0.0952. The minimum atomic E-state index is -3.03. The second kappa shape index (κ2) is 8.33. The number of piperidine rings is 1. The largest absolute Gasteiger partial charge is 0.493 e. The van der Waals surface area contributed by atoms with Crippen molar-refractivity contribution >= 4 is 5.91 Å². The monoisotopic (exact) mass is 358 g/mol. The number of likely N-dealkylation sites (tertiary alicyclic amines) is 1. The van der Waals surface area contributed by atoms with Crippen LogP contribution in [0.5, 0.6) is 17.2 Å². The summed E-state index contributed by atoms with van der Waals surface area (Å²) in [5.74, 6) is -0.176. The Labute approximate surface area is 145 Å². The van der Waals surface area contributed by atoms with Crippen LogP contribution in [0, 0.1) is 5.92 Å². The molecule has 0 aliphatic carbocycles. The molecule has 1 heterocycles. The number of carbonyl (C=O) groups is 1. The van der Waals surface area contributed by atoms with Crippen molar-refractivity contribution in [3.63, 3.8) is 0 Å². The van der Waals surface area contributed by atoms with Crippen LogP contribution in [0.3, 0.4) is 0 Å². The molecular formula is C17H24F2N2O4. The molecule has 2 N–H and O–H groups in total. The molecule has 1 amide bonds. The first-order valence-electron chi connectivity index (χ1n) is 8.13. The van der Waals surface area contributed by atoms with Crippen molar-refractivity contribution in [3.8, 4) is 17.2 Å². The number of ether oxygens (including phenoxy) is 3. The standard InChI is InChI=1S/C17H24F2N2O4/c1-10(20)11-5-4-6-21(9-11)16(22)12-7-13(23-2)15(25-17(18)19)14(8-12)24-3/h7-8,10-11,17H,4-6,9,20H2,1-3H3. The first-order chi connectivity index (χ1) is 11.9. The Bertz CT molecular complexity index is 585. The highest BCUT2D eigenvalue weighted by atomic mass is 19.3. The number of carbonyl (C=O) groups excluding carboxylic acids is 1. The number of nitrogens with zero attached hydrogens (tertiary/aromatic N) is 1. The summed E-state index contributed by atoms with van der Waals surface area (Å²) in [6, 6.07) is 2.78. The molecule has 1 aliphatic rings. The van der Waals surface area contributed by atoms with Crippen molar-refractivity contribution in [1.29, 1.82) is 0 Å². The van der Waals surface area contributed by atoms with Gasteiger partial charge in [0.2, 0.25) is 5.75 Å². The predicted molar refractivity (Wildman–Crippen MR) is 88.5 cm³/mol. The molecule has 8 heteroatoms. The molecular weight excluding hydrogens is 334 g/mol. The van der Waals surface area contributed by atoms with Crippen molar-refractivity contribution in [2.75, 3.05) is 27.3 Å². The molecule has 140 valence electrons. The van der Waals surface area contributed by atoms with E-state index < -0.39 is 6.61 Å². The molecule has 0 bridgehead atoms. The lowest BCUT2D eigenvalue weighted by Crippen LogP contribution is -2.45. The minimum absolute atomic E-state index is 0.00138. The second-order valence-corrected chi connectivity index (χ2v) is 6.10. The van der Waals surface area contributed by atoms with E-state index in [4.69, 9.17) is 15.2 Å². The van der Waals surface area contributed by atoms with E-state index in [9.17, 15) is 13.6 Å². The summed E-state index contributed by atoms with van der Waals surface area (Å²) in [7, 11) is 2.63. The van der Waals surface area contributed by atoms with Gasteiger partial charge < -0.3 is 24.8 Å². The number of methoxy groups -OCH3 is 2. The quantitative estimate of drug-likeness (QED) is 0.846. The third-order valence-electron chi connectivity index (χ3n) is 4.40. The van der Waals surface area contributed by atoms with Crippen LogP contribution in [0.1, 0.15) is 30.1 Å². The Morgan fingerprint density at radius 2 is 1.88 bits per heavy atom. The molecule has 2 unspecified atom stereocenters. The van der Waals surface area contributed by atoms with Crippen LogP contribution in [0.15, 0.2) is 12.1 Å². The van der Waals surface area contributed by atoms with Gasteiger partial charge >= 0.3 is 6.61 Å². The zero-order valence-corrected chi connectivity index (χ0v) is 14.6. The molecule has 1 aromatic carbocycles. The topological polar surface area (TPSA) is 74.0 Å². The Kier molecular flexibility index (Phi) is 6.41. The average Bonchev–Trinajstić information content (AvgIpc) is 2.60. The number of halogens is 2. The van der Waals surface area contributed by atoms with E-state index in [1.165, 1.54) is 26.4 Å². The molecule has 6 nitrogen and oxygen atoms in total. The van der Waals surface area contributed by atoms with E-state index >= 15 is 0 Å². The number of hydrogen-bond acceptors (Lipinski definition) is 5. The Hall–Kier alpha value is -2.09. The molecule has 2 atom stereocenters. The summed E-state index contributed by atoms with van der Waals surface area (Å²) in [5.41, 5.74) is 6.25. The Morgan fingerprint density at radius 1 is 1.28 bits per heavy atom. The van der Waals surface area contributed by atoms with Crippen molar-refractivity contribution in [2.45, 2.75) is 32.4 Å². The molecule has 0 aromatic heterocycles. The van der Waals surface area contributed by atoms with Gasteiger partial charge in [-0.15, -0.1) is 0 Å².